The van der Waals surface area contributed by atoms with Gasteiger partial charge in [-0.05, 0) is 68.9 Å². The predicted molar refractivity (Wildman–Crippen MR) is 152 cm³/mol. The van der Waals surface area contributed by atoms with Gasteiger partial charge in [-0.1, -0.05) is 57.2 Å². The minimum absolute atomic E-state index is 0.102. The van der Waals surface area contributed by atoms with E-state index in [1.807, 2.05) is 30.3 Å². The molecule has 1 fully saturated rings. The van der Waals surface area contributed by atoms with E-state index in [-0.39, 0.29) is 22.9 Å². The van der Waals surface area contributed by atoms with Gasteiger partial charge in [0.2, 0.25) is 0 Å². The molecule has 1 unspecified atom stereocenters. The number of nitrogens with zero attached hydrogens (tertiary/aromatic N) is 3. The molecule has 1 amide bonds. The Morgan fingerprint density at radius 3 is 2.51 bits per heavy atom. The molecule has 1 aromatic carbocycles. The lowest BCUT2D eigenvalue weighted by molar-refractivity contribution is 0.0984. The van der Waals surface area contributed by atoms with Crippen molar-refractivity contribution in [1.29, 1.82) is 0 Å². The topological polar surface area (TPSA) is 70.2 Å². The Labute approximate surface area is 224 Å². The van der Waals surface area contributed by atoms with Crippen LogP contribution in [0.1, 0.15) is 81.5 Å². The van der Waals surface area contributed by atoms with Crippen molar-refractivity contribution in [2.24, 2.45) is 5.92 Å². The maximum Gasteiger partial charge on any atom is 0.265 e. The molecule has 6 nitrogen and oxygen atoms in total. The Bertz CT molecular complexity index is 1270. The van der Waals surface area contributed by atoms with Crippen LogP contribution in [0.25, 0.3) is 0 Å². The zero-order valence-corrected chi connectivity index (χ0v) is 23.2. The van der Waals surface area contributed by atoms with Crippen molar-refractivity contribution in [2.45, 2.75) is 75.9 Å². The van der Waals surface area contributed by atoms with Gasteiger partial charge in [0.1, 0.15) is 16.7 Å². The smallest absolute Gasteiger partial charge is 0.265 e. The zero-order valence-electron chi connectivity index (χ0n) is 22.4. The Morgan fingerprint density at radius 2 is 1.76 bits per heavy atom. The number of hydrogen-bond acceptors (Lipinski definition) is 6. The molecule has 4 heterocycles. The quantitative estimate of drug-likeness (QED) is 0.349. The maximum atomic E-state index is 13.5. The van der Waals surface area contributed by atoms with Gasteiger partial charge in [-0.2, -0.15) is 0 Å². The van der Waals surface area contributed by atoms with Crippen molar-refractivity contribution in [1.82, 2.24) is 14.7 Å². The van der Waals surface area contributed by atoms with Gasteiger partial charge in [0.25, 0.3) is 5.91 Å². The van der Waals surface area contributed by atoms with Gasteiger partial charge < -0.3 is 10.2 Å². The zero-order chi connectivity index (χ0) is 26.2. The molecule has 3 aromatic rings. The van der Waals surface area contributed by atoms with Crippen molar-refractivity contribution in [2.75, 3.05) is 16.8 Å². The van der Waals surface area contributed by atoms with Gasteiger partial charge in [-0.15, -0.1) is 0 Å². The largest absolute Gasteiger partial charge is 0.363 e. The first-order valence-corrected chi connectivity index (χ1v) is 14.0. The number of hydrogen-bond donors (Lipinski definition) is 2. The highest BCUT2D eigenvalue weighted by molar-refractivity contribution is 7.97. The van der Waals surface area contributed by atoms with Crippen molar-refractivity contribution in [3.63, 3.8) is 0 Å². The standard InChI is InChI=1S/C30H37N5OS/c1-29(2,3)24-17-15-22-27(32-24)35-19-20(18-30(35,4)5)14-16-23(21-10-7-6-8-11-21)31-25-12-9-13-26(33-25)37-34-28(22)36/h6-13,15,17,20,23H,14,16,18-19H2,1-5H3,(H,31,33)(H,34,36)/t20-,23?/m0/s1. The minimum atomic E-state index is -0.149. The van der Waals surface area contributed by atoms with E-state index in [2.05, 4.69) is 79.9 Å². The van der Waals surface area contributed by atoms with Crippen LogP contribution in [0.15, 0.2) is 65.7 Å². The first-order valence-electron chi connectivity index (χ1n) is 13.1. The molecule has 2 N–H and O–H groups in total. The summed E-state index contributed by atoms with van der Waals surface area (Å²) in [5, 5.41) is 4.41. The van der Waals surface area contributed by atoms with E-state index in [9.17, 15) is 4.79 Å². The molecular formula is C30H37N5OS. The summed E-state index contributed by atoms with van der Waals surface area (Å²) in [6, 6.07) is 20.6. The normalized spacial score (nSPS) is 21.8. The molecule has 1 saturated heterocycles. The molecular weight excluding hydrogens is 478 g/mol. The number of benzene rings is 1. The Morgan fingerprint density at radius 1 is 0.973 bits per heavy atom. The van der Waals surface area contributed by atoms with Crippen molar-refractivity contribution in [3.8, 4) is 0 Å². The van der Waals surface area contributed by atoms with Gasteiger partial charge in [-0.25, -0.2) is 9.97 Å². The van der Waals surface area contributed by atoms with Crippen LogP contribution in [-0.4, -0.2) is 28.0 Å². The number of carbonyl (C=O) groups is 1. The third-order valence-corrected chi connectivity index (χ3v) is 8.19. The van der Waals surface area contributed by atoms with Crippen LogP contribution in [-0.2, 0) is 5.41 Å². The number of aromatic nitrogens is 2. The number of nitrogens with one attached hydrogen (secondary N) is 2. The summed E-state index contributed by atoms with van der Waals surface area (Å²) in [5.74, 6) is 1.95. The molecule has 2 aromatic heterocycles. The number of anilines is 2. The summed E-state index contributed by atoms with van der Waals surface area (Å²) in [6.07, 6.45) is 3.12. The van der Waals surface area contributed by atoms with E-state index < -0.39 is 0 Å². The van der Waals surface area contributed by atoms with E-state index in [0.717, 1.165) is 48.2 Å². The molecule has 0 saturated carbocycles. The van der Waals surface area contributed by atoms with Gasteiger partial charge in [0.05, 0.1) is 11.6 Å². The van der Waals surface area contributed by atoms with Gasteiger partial charge in [0, 0.05) is 35.1 Å². The van der Waals surface area contributed by atoms with Crippen LogP contribution in [0, 0.1) is 5.92 Å². The average Bonchev–Trinajstić information content (AvgIpc) is 3.18. The second-order valence-electron chi connectivity index (χ2n) is 11.9. The SMILES string of the molecule is CC(C)(C)c1ccc2c(n1)N1C[C@@H](CCC(c3ccccc3)Nc3cccc(n3)SNC2=O)CC1(C)C. The number of pyridine rings is 2. The summed E-state index contributed by atoms with van der Waals surface area (Å²) in [5.41, 5.74) is 2.65. The van der Waals surface area contributed by atoms with E-state index >= 15 is 0 Å². The number of amides is 1. The van der Waals surface area contributed by atoms with Crippen LogP contribution in [0.5, 0.6) is 0 Å². The first kappa shape index (κ1) is 25.6. The molecule has 7 heteroatoms. The second kappa shape index (κ2) is 10.0. The molecule has 37 heavy (non-hydrogen) atoms. The fourth-order valence-electron chi connectivity index (χ4n) is 5.50. The number of rotatable bonds is 1. The highest BCUT2D eigenvalue weighted by atomic mass is 32.2. The molecule has 194 valence electrons. The van der Waals surface area contributed by atoms with Crippen molar-refractivity contribution < 1.29 is 4.79 Å². The van der Waals surface area contributed by atoms with Crippen LogP contribution >= 0.6 is 11.9 Å². The van der Waals surface area contributed by atoms with Gasteiger partial charge >= 0.3 is 0 Å². The van der Waals surface area contributed by atoms with E-state index in [4.69, 9.17) is 9.97 Å². The molecule has 0 radical (unpaired) electrons. The van der Waals surface area contributed by atoms with Gasteiger partial charge in [0.15, 0.2) is 0 Å². The van der Waals surface area contributed by atoms with Crippen molar-refractivity contribution in [3.05, 3.63) is 77.5 Å². The second-order valence-corrected chi connectivity index (χ2v) is 12.7. The lowest BCUT2D eigenvalue weighted by Gasteiger charge is -2.34. The average molecular weight is 516 g/mol. The molecule has 0 aliphatic carbocycles. The molecule has 2 atom stereocenters. The van der Waals surface area contributed by atoms with Crippen molar-refractivity contribution >= 4 is 29.5 Å². The third-order valence-electron chi connectivity index (χ3n) is 7.46. The lowest BCUT2D eigenvalue weighted by Crippen LogP contribution is -2.40. The highest BCUT2D eigenvalue weighted by Crippen LogP contribution is 2.41. The molecule has 5 rings (SSSR count). The highest BCUT2D eigenvalue weighted by Gasteiger charge is 2.41. The maximum absolute atomic E-state index is 13.5. The van der Waals surface area contributed by atoms with E-state index in [1.54, 1.807) is 0 Å². The van der Waals surface area contributed by atoms with Crippen LogP contribution < -0.4 is 14.9 Å². The minimum Gasteiger partial charge on any atom is -0.363 e. The predicted octanol–water partition coefficient (Wildman–Crippen LogP) is 6.76. The van der Waals surface area contributed by atoms with E-state index in [0.29, 0.717) is 11.5 Å². The van der Waals surface area contributed by atoms with Crippen LogP contribution in [0.4, 0.5) is 11.6 Å². The Hall–Kier alpha value is -3.06. The molecule has 4 bridgehead atoms. The summed E-state index contributed by atoms with van der Waals surface area (Å²) < 4.78 is 3.02. The summed E-state index contributed by atoms with van der Waals surface area (Å²) >= 11 is 1.24. The molecule has 2 aliphatic heterocycles. The Balaban J connectivity index is 1.56. The first-order chi connectivity index (χ1) is 17.6. The summed E-state index contributed by atoms with van der Waals surface area (Å²) in [4.78, 5) is 25.7. The fraction of sp³-hybridized carbons (Fsp3) is 0.433. The van der Waals surface area contributed by atoms with Crippen LogP contribution in [0.2, 0.25) is 0 Å². The van der Waals surface area contributed by atoms with Crippen LogP contribution in [0.3, 0.4) is 0 Å². The monoisotopic (exact) mass is 515 g/mol. The third kappa shape index (κ3) is 5.61. The molecule has 0 spiro atoms. The van der Waals surface area contributed by atoms with Gasteiger partial charge in [-0.3, -0.25) is 9.52 Å². The molecule has 2 aliphatic rings. The van der Waals surface area contributed by atoms with E-state index in [1.165, 1.54) is 17.5 Å². The lowest BCUT2D eigenvalue weighted by atomic mass is 9.90. The number of carbonyl (C=O) groups excluding carboxylic acids is 1. The summed E-state index contributed by atoms with van der Waals surface area (Å²) in [6.45, 7) is 11.9. The fourth-order valence-corrected chi connectivity index (χ4v) is 6.09. The number of fused-ring (bicyclic) bond motifs is 6. The Kier molecular flexibility index (Phi) is 6.92. The summed E-state index contributed by atoms with van der Waals surface area (Å²) in [7, 11) is 0.